The highest BCUT2D eigenvalue weighted by atomic mass is 14.0. The number of hydrogen-bond donors (Lipinski definition) is 0. The smallest absolute Gasteiger partial charge is 0.0256 e. The first-order valence-electron chi connectivity index (χ1n) is 5.06. The van der Waals surface area contributed by atoms with E-state index in [1.54, 1.807) is 0 Å². The molecule has 70 valence electrons. The van der Waals surface area contributed by atoms with E-state index in [1.165, 1.54) is 18.4 Å². The maximum atomic E-state index is 2.31. The van der Waals surface area contributed by atoms with Gasteiger partial charge in [-0.1, -0.05) is 51.0 Å². The predicted octanol–water partition coefficient (Wildman–Crippen LogP) is 4.34. The van der Waals surface area contributed by atoms with Gasteiger partial charge in [-0.15, -0.1) is 0 Å². The maximum absolute atomic E-state index is 2.31. The van der Waals surface area contributed by atoms with Gasteiger partial charge in [0.1, 0.15) is 0 Å². The lowest BCUT2D eigenvalue weighted by Gasteiger charge is -2.08. The van der Waals surface area contributed by atoms with Crippen molar-refractivity contribution in [2.75, 3.05) is 0 Å². The standard InChI is InChI=1S/C12H22/c1-5-8-9-12(7-3)10-11(4)6-2/h7-9,11H,5-6,10H2,1-4H3/b9-8-,12-7+. The van der Waals surface area contributed by atoms with Crippen LogP contribution in [0, 0.1) is 5.92 Å². The Bertz CT molecular complexity index is 151. The molecule has 0 aliphatic carbocycles. The van der Waals surface area contributed by atoms with Gasteiger partial charge in [-0.3, -0.25) is 0 Å². The topological polar surface area (TPSA) is 0 Å². The monoisotopic (exact) mass is 166 g/mol. The van der Waals surface area contributed by atoms with Crippen LogP contribution in [0.4, 0.5) is 0 Å². The van der Waals surface area contributed by atoms with Crippen LogP contribution in [0.2, 0.25) is 0 Å². The van der Waals surface area contributed by atoms with E-state index in [4.69, 9.17) is 0 Å². The molecule has 0 spiro atoms. The van der Waals surface area contributed by atoms with E-state index >= 15 is 0 Å². The molecule has 0 aromatic rings. The highest BCUT2D eigenvalue weighted by Crippen LogP contribution is 2.15. The first-order chi connectivity index (χ1) is 5.74. The van der Waals surface area contributed by atoms with Gasteiger partial charge < -0.3 is 0 Å². The molecule has 1 unspecified atom stereocenters. The third-order valence-corrected chi connectivity index (χ3v) is 2.22. The molecule has 0 fully saturated rings. The first-order valence-corrected chi connectivity index (χ1v) is 5.06. The van der Waals surface area contributed by atoms with Crippen molar-refractivity contribution in [1.82, 2.24) is 0 Å². The molecule has 0 heteroatoms. The highest BCUT2D eigenvalue weighted by Gasteiger charge is 1.99. The molecule has 0 heterocycles. The summed E-state index contributed by atoms with van der Waals surface area (Å²) in [6, 6.07) is 0. The molecule has 0 saturated heterocycles. The predicted molar refractivity (Wildman–Crippen MR) is 57.3 cm³/mol. The molecule has 0 aromatic heterocycles. The Morgan fingerprint density at radius 3 is 2.42 bits per heavy atom. The van der Waals surface area contributed by atoms with Crippen molar-refractivity contribution in [2.24, 2.45) is 5.92 Å². The fraction of sp³-hybridized carbons (Fsp3) is 0.667. The molecule has 0 rings (SSSR count). The second-order valence-electron chi connectivity index (χ2n) is 3.39. The Morgan fingerprint density at radius 2 is 2.00 bits per heavy atom. The van der Waals surface area contributed by atoms with Crippen molar-refractivity contribution in [3.05, 3.63) is 23.8 Å². The maximum Gasteiger partial charge on any atom is -0.0256 e. The van der Waals surface area contributed by atoms with Crippen LogP contribution in [0.25, 0.3) is 0 Å². The van der Waals surface area contributed by atoms with Gasteiger partial charge in [0.15, 0.2) is 0 Å². The van der Waals surface area contributed by atoms with E-state index in [-0.39, 0.29) is 0 Å². The van der Waals surface area contributed by atoms with Crippen LogP contribution in [-0.4, -0.2) is 0 Å². The Labute approximate surface area is 77.4 Å². The minimum absolute atomic E-state index is 0.817. The molecule has 0 nitrogen and oxygen atoms in total. The molecule has 0 amide bonds. The zero-order valence-corrected chi connectivity index (χ0v) is 8.93. The number of rotatable bonds is 5. The van der Waals surface area contributed by atoms with E-state index in [0.717, 1.165) is 12.3 Å². The third kappa shape index (κ3) is 5.17. The Morgan fingerprint density at radius 1 is 1.33 bits per heavy atom. The second kappa shape index (κ2) is 7.15. The van der Waals surface area contributed by atoms with E-state index < -0.39 is 0 Å². The van der Waals surface area contributed by atoms with Crippen molar-refractivity contribution in [3.63, 3.8) is 0 Å². The van der Waals surface area contributed by atoms with Crippen molar-refractivity contribution in [1.29, 1.82) is 0 Å². The van der Waals surface area contributed by atoms with Crippen LogP contribution in [0.5, 0.6) is 0 Å². The number of allylic oxidation sites excluding steroid dienone is 4. The molecular weight excluding hydrogens is 144 g/mol. The van der Waals surface area contributed by atoms with Crippen molar-refractivity contribution < 1.29 is 0 Å². The molecule has 0 aliphatic heterocycles. The minimum Gasteiger partial charge on any atom is -0.0845 e. The largest absolute Gasteiger partial charge is 0.0845 e. The van der Waals surface area contributed by atoms with E-state index in [0.29, 0.717) is 0 Å². The molecular formula is C12H22. The van der Waals surface area contributed by atoms with Crippen LogP contribution in [0.15, 0.2) is 23.8 Å². The van der Waals surface area contributed by atoms with Crippen LogP contribution < -0.4 is 0 Å². The summed E-state index contributed by atoms with van der Waals surface area (Å²) in [5.41, 5.74) is 1.48. The van der Waals surface area contributed by atoms with Gasteiger partial charge >= 0.3 is 0 Å². The summed E-state index contributed by atoms with van der Waals surface area (Å²) in [7, 11) is 0. The SMILES string of the molecule is C/C=C(\C=C/CC)CC(C)CC. The summed E-state index contributed by atoms with van der Waals surface area (Å²) in [4.78, 5) is 0. The van der Waals surface area contributed by atoms with E-state index in [9.17, 15) is 0 Å². The lowest BCUT2D eigenvalue weighted by molar-refractivity contribution is 0.562. The van der Waals surface area contributed by atoms with Gasteiger partial charge in [0.05, 0.1) is 0 Å². The van der Waals surface area contributed by atoms with Gasteiger partial charge in [0.25, 0.3) is 0 Å². The molecule has 0 N–H and O–H groups in total. The zero-order chi connectivity index (χ0) is 9.40. The average Bonchev–Trinajstić information content (AvgIpc) is 2.11. The first kappa shape index (κ1) is 11.5. The molecule has 1 atom stereocenters. The molecule has 0 aliphatic rings. The van der Waals surface area contributed by atoms with Gasteiger partial charge in [-0.2, -0.15) is 0 Å². The third-order valence-electron chi connectivity index (χ3n) is 2.22. The number of hydrogen-bond acceptors (Lipinski definition) is 0. The molecule has 0 aromatic carbocycles. The zero-order valence-electron chi connectivity index (χ0n) is 8.93. The average molecular weight is 166 g/mol. The highest BCUT2D eigenvalue weighted by molar-refractivity contribution is 5.17. The molecule has 12 heavy (non-hydrogen) atoms. The summed E-state index contributed by atoms with van der Waals surface area (Å²) in [5.74, 6) is 0.817. The second-order valence-corrected chi connectivity index (χ2v) is 3.39. The molecule has 0 radical (unpaired) electrons. The fourth-order valence-electron chi connectivity index (χ4n) is 1.10. The van der Waals surface area contributed by atoms with Gasteiger partial charge in [-0.25, -0.2) is 0 Å². The lowest BCUT2D eigenvalue weighted by atomic mass is 9.98. The Hall–Kier alpha value is -0.520. The van der Waals surface area contributed by atoms with Crippen LogP contribution >= 0.6 is 0 Å². The summed E-state index contributed by atoms with van der Waals surface area (Å²) < 4.78 is 0. The van der Waals surface area contributed by atoms with Crippen LogP contribution in [0.1, 0.15) is 47.0 Å². The van der Waals surface area contributed by atoms with Gasteiger partial charge in [0, 0.05) is 0 Å². The lowest BCUT2D eigenvalue weighted by Crippen LogP contribution is -1.92. The van der Waals surface area contributed by atoms with Crippen molar-refractivity contribution in [3.8, 4) is 0 Å². The summed E-state index contributed by atoms with van der Waals surface area (Å²) >= 11 is 0. The van der Waals surface area contributed by atoms with Crippen LogP contribution in [0.3, 0.4) is 0 Å². The molecule has 0 bridgehead atoms. The molecule has 0 saturated carbocycles. The van der Waals surface area contributed by atoms with E-state index in [2.05, 4.69) is 45.9 Å². The minimum atomic E-state index is 0.817. The fourth-order valence-corrected chi connectivity index (χ4v) is 1.10. The summed E-state index contributed by atoms with van der Waals surface area (Å²) in [6.07, 6.45) is 10.3. The van der Waals surface area contributed by atoms with Gasteiger partial charge in [-0.05, 0) is 25.7 Å². The van der Waals surface area contributed by atoms with Crippen molar-refractivity contribution >= 4 is 0 Å². The van der Waals surface area contributed by atoms with E-state index in [1.807, 2.05) is 0 Å². The van der Waals surface area contributed by atoms with Crippen molar-refractivity contribution in [2.45, 2.75) is 47.0 Å². The van der Waals surface area contributed by atoms with Gasteiger partial charge in [0.2, 0.25) is 0 Å². The summed E-state index contributed by atoms with van der Waals surface area (Å²) in [6.45, 7) is 8.86. The van der Waals surface area contributed by atoms with Crippen LogP contribution in [-0.2, 0) is 0 Å². The Kier molecular flexibility index (Phi) is 6.84. The summed E-state index contributed by atoms with van der Waals surface area (Å²) in [5, 5.41) is 0. The normalized spacial score (nSPS) is 15.5. The quantitative estimate of drug-likeness (QED) is 0.533. The Balaban J connectivity index is 3.93.